The van der Waals surface area contributed by atoms with Crippen LogP contribution in [0.25, 0.3) is 5.70 Å². The molecule has 6 heteroatoms. The van der Waals surface area contributed by atoms with Crippen LogP contribution in [0.15, 0.2) is 60.9 Å². The van der Waals surface area contributed by atoms with Gasteiger partial charge in [0.2, 0.25) is 5.95 Å². The lowest BCUT2D eigenvalue weighted by Crippen LogP contribution is -2.20. The third kappa shape index (κ3) is 2.49. The van der Waals surface area contributed by atoms with Crippen molar-refractivity contribution in [2.24, 2.45) is 0 Å². The van der Waals surface area contributed by atoms with Gasteiger partial charge in [-0.3, -0.25) is 0 Å². The second-order valence-electron chi connectivity index (χ2n) is 5.21. The monoisotopic (exact) mass is 326 g/mol. The molecule has 1 aliphatic rings. The molecule has 23 heavy (non-hydrogen) atoms. The van der Waals surface area contributed by atoms with Crippen molar-refractivity contribution in [3.8, 4) is 0 Å². The summed E-state index contributed by atoms with van der Waals surface area (Å²) in [6.45, 7) is 0. The minimum absolute atomic E-state index is 0.178. The van der Waals surface area contributed by atoms with Crippen molar-refractivity contribution in [1.29, 1.82) is 0 Å². The first-order valence-corrected chi connectivity index (χ1v) is 7.49. The summed E-state index contributed by atoms with van der Waals surface area (Å²) < 4.78 is 14.9. The van der Waals surface area contributed by atoms with Crippen molar-refractivity contribution in [3.63, 3.8) is 0 Å². The lowest BCUT2D eigenvalue weighted by atomic mass is 10.0. The highest BCUT2D eigenvalue weighted by Gasteiger charge is 2.24. The minimum Gasteiger partial charge on any atom is -0.324 e. The topological polar surface area (TPSA) is 42.7 Å². The number of aromatic nitrogens is 3. The molecule has 2 heterocycles. The SMILES string of the molecule is Fc1ccc(C2=C[C@@H](c3ccccc3Cl)n3ncnc3N2)cc1. The molecule has 0 amide bonds. The van der Waals surface area contributed by atoms with Crippen LogP contribution >= 0.6 is 11.6 Å². The summed E-state index contributed by atoms with van der Waals surface area (Å²) in [4.78, 5) is 4.24. The molecule has 0 aliphatic carbocycles. The highest BCUT2D eigenvalue weighted by atomic mass is 35.5. The first kappa shape index (κ1) is 14.0. The maximum absolute atomic E-state index is 13.2. The Bertz CT molecular complexity index is 886. The maximum atomic E-state index is 13.2. The van der Waals surface area contributed by atoms with Gasteiger partial charge < -0.3 is 5.32 Å². The van der Waals surface area contributed by atoms with Crippen molar-refractivity contribution in [2.45, 2.75) is 6.04 Å². The predicted octanol–water partition coefficient (Wildman–Crippen LogP) is 4.13. The van der Waals surface area contributed by atoms with Crippen molar-refractivity contribution < 1.29 is 4.39 Å². The molecule has 0 fully saturated rings. The summed E-state index contributed by atoms with van der Waals surface area (Å²) in [5, 5.41) is 8.16. The maximum Gasteiger partial charge on any atom is 0.226 e. The Morgan fingerprint density at radius 2 is 1.87 bits per heavy atom. The number of hydrogen-bond acceptors (Lipinski definition) is 3. The van der Waals surface area contributed by atoms with Crippen molar-refractivity contribution in [3.05, 3.63) is 82.9 Å². The Kier molecular flexibility index (Phi) is 3.35. The van der Waals surface area contributed by atoms with E-state index in [4.69, 9.17) is 11.6 Å². The minimum atomic E-state index is -0.268. The van der Waals surface area contributed by atoms with Crippen LogP contribution in [-0.4, -0.2) is 14.8 Å². The van der Waals surface area contributed by atoms with E-state index in [0.29, 0.717) is 11.0 Å². The molecule has 0 spiro atoms. The van der Waals surface area contributed by atoms with Gasteiger partial charge in [0.25, 0.3) is 0 Å². The highest BCUT2D eigenvalue weighted by Crippen LogP contribution is 2.34. The van der Waals surface area contributed by atoms with E-state index in [0.717, 1.165) is 16.8 Å². The van der Waals surface area contributed by atoms with Gasteiger partial charge in [-0.05, 0) is 47.5 Å². The van der Waals surface area contributed by atoms with E-state index in [1.807, 2.05) is 30.3 Å². The molecule has 4 rings (SSSR count). The third-order valence-corrected chi connectivity index (χ3v) is 4.13. The Labute approximate surface area is 137 Å². The number of allylic oxidation sites excluding steroid dienone is 1. The van der Waals surface area contributed by atoms with E-state index in [-0.39, 0.29) is 11.9 Å². The Balaban J connectivity index is 1.83. The van der Waals surface area contributed by atoms with Gasteiger partial charge in [-0.25, -0.2) is 9.07 Å². The molecule has 0 radical (unpaired) electrons. The fraction of sp³-hybridized carbons (Fsp3) is 0.0588. The lowest BCUT2D eigenvalue weighted by molar-refractivity contribution is 0.612. The summed E-state index contributed by atoms with van der Waals surface area (Å²) in [5.41, 5.74) is 2.65. The molecule has 1 atom stereocenters. The number of anilines is 1. The van der Waals surface area contributed by atoms with Gasteiger partial charge in [0.05, 0.1) is 0 Å². The molecular weight excluding hydrogens is 315 g/mol. The summed E-state index contributed by atoms with van der Waals surface area (Å²) in [6, 6.07) is 13.8. The highest BCUT2D eigenvalue weighted by molar-refractivity contribution is 6.31. The van der Waals surface area contributed by atoms with E-state index < -0.39 is 0 Å². The third-order valence-electron chi connectivity index (χ3n) is 3.79. The number of nitrogens with zero attached hydrogens (tertiary/aromatic N) is 3. The molecule has 0 saturated carbocycles. The summed E-state index contributed by atoms with van der Waals surface area (Å²) in [5.74, 6) is 0.354. The number of hydrogen-bond donors (Lipinski definition) is 1. The number of rotatable bonds is 2. The van der Waals surface area contributed by atoms with Crippen LogP contribution in [0.5, 0.6) is 0 Å². The smallest absolute Gasteiger partial charge is 0.226 e. The van der Waals surface area contributed by atoms with Crippen LogP contribution in [0.2, 0.25) is 5.02 Å². The molecule has 1 N–H and O–H groups in total. The second-order valence-corrected chi connectivity index (χ2v) is 5.61. The molecule has 2 aromatic carbocycles. The van der Waals surface area contributed by atoms with Crippen LogP contribution in [0.4, 0.5) is 10.3 Å². The largest absolute Gasteiger partial charge is 0.324 e. The Morgan fingerprint density at radius 3 is 2.65 bits per heavy atom. The molecule has 1 aliphatic heterocycles. The average Bonchev–Trinajstić information content (AvgIpc) is 3.04. The molecule has 114 valence electrons. The van der Waals surface area contributed by atoms with Crippen LogP contribution in [0, 0.1) is 5.82 Å². The summed E-state index contributed by atoms with van der Waals surface area (Å²) in [7, 11) is 0. The molecular formula is C17H12ClFN4. The van der Waals surface area contributed by atoms with Crippen molar-refractivity contribution in [2.75, 3.05) is 5.32 Å². The van der Waals surface area contributed by atoms with E-state index in [1.54, 1.807) is 16.8 Å². The zero-order valence-corrected chi connectivity index (χ0v) is 12.7. The summed E-state index contributed by atoms with van der Waals surface area (Å²) in [6.07, 6.45) is 3.50. The normalized spacial score (nSPS) is 16.4. The fourth-order valence-electron chi connectivity index (χ4n) is 2.67. The fourth-order valence-corrected chi connectivity index (χ4v) is 2.92. The van der Waals surface area contributed by atoms with Gasteiger partial charge in [0.1, 0.15) is 18.2 Å². The van der Waals surface area contributed by atoms with Crippen LogP contribution in [0.1, 0.15) is 17.2 Å². The van der Waals surface area contributed by atoms with E-state index >= 15 is 0 Å². The number of halogens is 2. The number of benzene rings is 2. The Hall–Kier alpha value is -2.66. The van der Waals surface area contributed by atoms with Gasteiger partial charge in [-0.15, -0.1) is 0 Å². The van der Waals surface area contributed by atoms with E-state index in [1.165, 1.54) is 18.5 Å². The average molecular weight is 327 g/mol. The van der Waals surface area contributed by atoms with E-state index in [9.17, 15) is 4.39 Å². The van der Waals surface area contributed by atoms with Gasteiger partial charge >= 0.3 is 0 Å². The first-order chi connectivity index (χ1) is 11.2. The van der Waals surface area contributed by atoms with Crippen molar-refractivity contribution >= 4 is 23.2 Å². The van der Waals surface area contributed by atoms with Crippen LogP contribution in [0.3, 0.4) is 0 Å². The molecule has 3 aromatic rings. The van der Waals surface area contributed by atoms with Crippen LogP contribution in [-0.2, 0) is 0 Å². The Morgan fingerprint density at radius 1 is 1.09 bits per heavy atom. The number of fused-ring (bicyclic) bond motifs is 1. The van der Waals surface area contributed by atoms with Crippen LogP contribution < -0.4 is 5.32 Å². The zero-order valence-electron chi connectivity index (χ0n) is 11.9. The molecule has 0 unspecified atom stereocenters. The predicted molar refractivity (Wildman–Crippen MR) is 87.6 cm³/mol. The van der Waals surface area contributed by atoms with Gasteiger partial charge in [-0.2, -0.15) is 10.1 Å². The quantitative estimate of drug-likeness (QED) is 0.770. The number of nitrogens with one attached hydrogen (secondary N) is 1. The molecule has 1 aromatic heterocycles. The molecule has 0 bridgehead atoms. The molecule has 0 saturated heterocycles. The van der Waals surface area contributed by atoms with E-state index in [2.05, 4.69) is 15.4 Å². The van der Waals surface area contributed by atoms with Crippen molar-refractivity contribution in [1.82, 2.24) is 14.8 Å². The van der Waals surface area contributed by atoms with Gasteiger partial charge in [0, 0.05) is 10.7 Å². The van der Waals surface area contributed by atoms with Gasteiger partial charge in [0.15, 0.2) is 0 Å². The summed E-state index contributed by atoms with van der Waals surface area (Å²) >= 11 is 6.34. The lowest BCUT2D eigenvalue weighted by Gasteiger charge is -2.25. The first-order valence-electron chi connectivity index (χ1n) is 7.11. The molecule has 4 nitrogen and oxygen atoms in total. The zero-order chi connectivity index (χ0) is 15.8. The standard InChI is InChI=1S/C17H12ClFN4/c18-14-4-2-1-3-13(14)16-9-15(11-5-7-12(19)8-6-11)22-17-20-10-21-23(16)17/h1-10,16H,(H,20,21,22)/t16-/m0/s1. The van der Waals surface area contributed by atoms with Gasteiger partial charge in [-0.1, -0.05) is 29.8 Å². The second kappa shape index (κ2) is 5.52.